The predicted octanol–water partition coefficient (Wildman–Crippen LogP) is 0.650. The molecule has 5 rings (SSSR count). The molecule has 3 amide bonds. The van der Waals surface area contributed by atoms with Gasteiger partial charge in [0.05, 0.1) is 6.04 Å². The van der Waals surface area contributed by atoms with Crippen molar-refractivity contribution in [3.8, 4) is 0 Å². The van der Waals surface area contributed by atoms with Gasteiger partial charge in [-0.25, -0.2) is 4.79 Å². The summed E-state index contributed by atoms with van der Waals surface area (Å²) in [5.74, 6) is -4.96. The van der Waals surface area contributed by atoms with Crippen LogP contribution < -0.4 is 0 Å². The van der Waals surface area contributed by atoms with E-state index in [9.17, 15) is 37.5 Å². The average molecular weight is 425 g/mol. The Kier molecular flexibility index (Phi) is 3.88. The number of halogens is 3. The number of rotatable bonds is 3. The van der Waals surface area contributed by atoms with Gasteiger partial charge in [-0.2, -0.15) is 13.2 Å². The van der Waals surface area contributed by atoms with Crippen molar-refractivity contribution in [1.29, 1.82) is 0 Å². The zero-order valence-corrected chi connectivity index (χ0v) is 15.7. The highest BCUT2D eigenvalue weighted by molar-refractivity contribution is 6.04. The number of carbonyl (C=O) groups is 4. The Morgan fingerprint density at radius 2 is 1.87 bits per heavy atom. The van der Waals surface area contributed by atoms with Crippen LogP contribution in [0, 0.1) is 5.92 Å². The van der Waals surface area contributed by atoms with Gasteiger partial charge < -0.3 is 14.9 Å². The van der Waals surface area contributed by atoms with Crippen LogP contribution >= 0.6 is 0 Å². The van der Waals surface area contributed by atoms with Crippen molar-refractivity contribution in [2.24, 2.45) is 5.92 Å². The maximum Gasteiger partial charge on any atom is 0.471 e. The van der Waals surface area contributed by atoms with E-state index >= 15 is 0 Å². The van der Waals surface area contributed by atoms with E-state index in [2.05, 4.69) is 0 Å². The summed E-state index contributed by atoms with van der Waals surface area (Å²) in [4.78, 5) is 52.1. The summed E-state index contributed by atoms with van der Waals surface area (Å²) in [5.41, 5.74) is 0.390. The molecular weight excluding hydrogens is 407 g/mol. The molecule has 4 heterocycles. The van der Waals surface area contributed by atoms with E-state index in [1.165, 1.54) is 6.08 Å². The van der Waals surface area contributed by atoms with Crippen LogP contribution in [0.5, 0.6) is 0 Å². The summed E-state index contributed by atoms with van der Waals surface area (Å²) in [7, 11) is 0. The monoisotopic (exact) mass is 425 g/mol. The average Bonchev–Trinajstić information content (AvgIpc) is 3.35. The summed E-state index contributed by atoms with van der Waals surface area (Å²) < 4.78 is 38.8. The number of hydrogen-bond acceptors (Lipinski definition) is 4. The topological polar surface area (TPSA) is 98.2 Å². The Labute approximate surface area is 168 Å². The molecule has 8 nitrogen and oxygen atoms in total. The number of allylic oxidation sites excluding steroid dienone is 2. The Balaban J connectivity index is 1.47. The first-order valence-electron chi connectivity index (χ1n) is 9.78. The van der Waals surface area contributed by atoms with Gasteiger partial charge in [-0.1, -0.05) is 0 Å². The van der Waals surface area contributed by atoms with E-state index < -0.39 is 42.0 Å². The Morgan fingerprint density at radius 1 is 1.17 bits per heavy atom. The second kappa shape index (κ2) is 6.08. The zero-order valence-electron chi connectivity index (χ0n) is 15.7. The highest BCUT2D eigenvalue weighted by atomic mass is 19.4. The lowest BCUT2D eigenvalue weighted by Crippen LogP contribution is -2.70. The number of carboxylic acids is 1. The largest absolute Gasteiger partial charge is 0.477 e. The first-order valence-corrected chi connectivity index (χ1v) is 9.78. The van der Waals surface area contributed by atoms with Gasteiger partial charge in [0.1, 0.15) is 11.7 Å². The van der Waals surface area contributed by atoms with Gasteiger partial charge in [0.15, 0.2) is 0 Å². The summed E-state index contributed by atoms with van der Waals surface area (Å²) in [6, 6.07) is -1.84. The molecule has 160 valence electrons. The molecule has 4 fully saturated rings. The fourth-order valence-corrected chi connectivity index (χ4v) is 5.19. The number of amides is 3. The van der Waals surface area contributed by atoms with Gasteiger partial charge in [0.2, 0.25) is 5.91 Å². The minimum absolute atomic E-state index is 0.0917. The molecule has 0 aromatic heterocycles. The normalized spacial score (nSPS) is 32.2. The predicted molar refractivity (Wildman–Crippen MR) is 92.4 cm³/mol. The van der Waals surface area contributed by atoms with Crippen molar-refractivity contribution in [3.63, 3.8) is 0 Å². The van der Waals surface area contributed by atoms with Gasteiger partial charge >= 0.3 is 18.1 Å². The van der Waals surface area contributed by atoms with E-state index in [1.807, 2.05) is 0 Å². The minimum Gasteiger partial charge on any atom is -0.477 e. The van der Waals surface area contributed by atoms with E-state index in [0.29, 0.717) is 23.4 Å². The Bertz CT molecular complexity index is 952. The lowest BCUT2D eigenvalue weighted by molar-refractivity contribution is -0.190. The SMILES string of the molecule is O=C(O)C1=C(/C=C2\CCN(C3CC3)C2=O)C[C@@H]2CN(C(=O)C(F)(F)F)[C@@H]3C(=O)N1[C@H]23. The quantitative estimate of drug-likeness (QED) is 0.529. The molecule has 0 aromatic rings. The summed E-state index contributed by atoms with van der Waals surface area (Å²) in [5, 5.41) is 9.70. The molecule has 0 spiro atoms. The molecule has 1 aliphatic carbocycles. The number of nitrogens with zero attached hydrogens (tertiary/aromatic N) is 3. The van der Waals surface area contributed by atoms with Gasteiger partial charge in [0, 0.05) is 30.6 Å². The lowest BCUT2D eigenvalue weighted by atomic mass is 9.79. The van der Waals surface area contributed by atoms with Crippen LogP contribution in [0.15, 0.2) is 22.9 Å². The fourth-order valence-electron chi connectivity index (χ4n) is 5.19. The first-order chi connectivity index (χ1) is 14.1. The second-order valence-electron chi connectivity index (χ2n) is 8.39. The Morgan fingerprint density at radius 3 is 2.47 bits per heavy atom. The number of hydrogen-bond donors (Lipinski definition) is 1. The van der Waals surface area contributed by atoms with E-state index in [4.69, 9.17) is 0 Å². The summed E-state index contributed by atoms with van der Waals surface area (Å²) in [6.07, 6.45) is -1.19. The number of alkyl halides is 3. The molecule has 3 saturated heterocycles. The lowest BCUT2D eigenvalue weighted by Gasteiger charge is -2.49. The Hall–Kier alpha value is -2.85. The zero-order chi connectivity index (χ0) is 21.5. The van der Waals surface area contributed by atoms with Crippen molar-refractivity contribution < 1.29 is 37.5 Å². The molecule has 30 heavy (non-hydrogen) atoms. The number of carboxylic acid groups (broad SMARTS) is 1. The smallest absolute Gasteiger partial charge is 0.471 e. The second-order valence-corrected chi connectivity index (χ2v) is 8.39. The van der Waals surface area contributed by atoms with Crippen molar-refractivity contribution in [2.75, 3.05) is 13.1 Å². The molecule has 0 radical (unpaired) electrons. The van der Waals surface area contributed by atoms with Crippen molar-refractivity contribution >= 4 is 23.7 Å². The van der Waals surface area contributed by atoms with Crippen molar-refractivity contribution in [2.45, 2.75) is 50.0 Å². The van der Waals surface area contributed by atoms with E-state index in [-0.39, 0.29) is 36.2 Å². The first kappa shape index (κ1) is 19.1. The standard InChI is InChI=1S/C19H18F3N3O5/c20-19(21,22)18(30)24-7-10-6-9(5-8-3-4-23(15(8)26)11-1-2-11)13(17(28)29)25-12(10)14(24)16(25)27/h5,10-12,14H,1-4,6-7H2,(H,28,29)/b8-5+/t10-,12-,14+/m1/s1. The molecule has 11 heteroatoms. The number of carbonyl (C=O) groups excluding carboxylic acids is 3. The number of aliphatic carboxylic acids is 1. The van der Waals surface area contributed by atoms with Crippen LogP contribution in [0.3, 0.4) is 0 Å². The van der Waals surface area contributed by atoms with Crippen molar-refractivity contribution in [3.05, 3.63) is 22.9 Å². The van der Waals surface area contributed by atoms with Gasteiger partial charge in [-0.15, -0.1) is 0 Å². The molecule has 0 aromatic carbocycles. The molecule has 0 bridgehead atoms. The summed E-state index contributed by atoms with van der Waals surface area (Å²) >= 11 is 0. The van der Waals surface area contributed by atoms with Gasteiger partial charge in [0.25, 0.3) is 5.91 Å². The van der Waals surface area contributed by atoms with Crippen LogP contribution in [-0.4, -0.2) is 80.9 Å². The fraction of sp³-hybridized carbons (Fsp3) is 0.579. The van der Waals surface area contributed by atoms with Gasteiger partial charge in [-0.05, 0) is 37.3 Å². The molecule has 3 atom stereocenters. The molecular formula is C19H18F3N3O5. The van der Waals surface area contributed by atoms with E-state index in [1.54, 1.807) is 4.90 Å². The van der Waals surface area contributed by atoms with Crippen LogP contribution in [0.2, 0.25) is 0 Å². The molecule has 5 aliphatic rings. The molecule has 4 aliphatic heterocycles. The van der Waals surface area contributed by atoms with E-state index in [0.717, 1.165) is 17.7 Å². The third kappa shape index (κ3) is 2.60. The maximum absolute atomic E-state index is 12.9. The third-order valence-electron chi connectivity index (χ3n) is 6.59. The third-order valence-corrected chi connectivity index (χ3v) is 6.59. The van der Waals surface area contributed by atoms with Crippen LogP contribution in [0.4, 0.5) is 13.2 Å². The molecule has 1 saturated carbocycles. The maximum atomic E-state index is 12.9. The van der Waals surface area contributed by atoms with Crippen LogP contribution in [-0.2, 0) is 19.2 Å². The minimum atomic E-state index is -5.11. The number of likely N-dealkylation sites (tertiary alicyclic amines) is 2. The van der Waals surface area contributed by atoms with Crippen LogP contribution in [0.25, 0.3) is 0 Å². The number of β-lactam (4-membered cyclic amide) rings is 1. The highest BCUT2D eigenvalue weighted by Gasteiger charge is 2.66. The van der Waals surface area contributed by atoms with Gasteiger partial charge in [-0.3, -0.25) is 19.3 Å². The molecule has 1 N–H and O–H groups in total. The highest BCUT2D eigenvalue weighted by Crippen LogP contribution is 2.48. The van der Waals surface area contributed by atoms with Crippen molar-refractivity contribution in [1.82, 2.24) is 14.7 Å². The molecule has 0 unspecified atom stereocenters. The summed E-state index contributed by atoms with van der Waals surface area (Å²) in [6.45, 7) is 0.271. The van der Waals surface area contributed by atoms with Crippen LogP contribution in [0.1, 0.15) is 25.7 Å².